The van der Waals surface area contributed by atoms with Crippen LogP contribution >= 0.6 is 0 Å². The van der Waals surface area contributed by atoms with Gasteiger partial charge in [-0.2, -0.15) is 0 Å². The Balaban J connectivity index is 1.41. The lowest BCUT2D eigenvalue weighted by atomic mass is 10.1. The van der Waals surface area contributed by atoms with Crippen LogP contribution in [-0.2, 0) is 0 Å². The molecule has 0 bridgehead atoms. The van der Waals surface area contributed by atoms with Gasteiger partial charge >= 0.3 is 0 Å². The van der Waals surface area contributed by atoms with E-state index in [-0.39, 0.29) is 11.7 Å². The van der Waals surface area contributed by atoms with Crippen LogP contribution in [-0.4, -0.2) is 65.6 Å². The van der Waals surface area contributed by atoms with Crippen molar-refractivity contribution in [2.24, 2.45) is 0 Å². The highest BCUT2D eigenvalue weighted by Crippen LogP contribution is 2.28. The first kappa shape index (κ1) is 22.2. The number of likely N-dealkylation sites (tertiary alicyclic amines) is 2. The fourth-order valence-electron chi connectivity index (χ4n) is 4.65. The minimum atomic E-state index is -0.253. The van der Waals surface area contributed by atoms with Crippen LogP contribution < -0.4 is 5.32 Å². The number of aromatic nitrogens is 2. The topological polar surface area (TPSA) is 44.3 Å². The van der Waals surface area contributed by atoms with Crippen LogP contribution in [0.1, 0.15) is 55.1 Å². The van der Waals surface area contributed by atoms with Crippen LogP contribution in [0.15, 0.2) is 35.7 Å². The van der Waals surface area contributed by atoms with Crippen LogP contribution in [0, 0.1) is 13.8 Å². The molecule has 0 aromatic carbocycles. The van der Waals surface area contributed by atoms with Gasteiger partial charge in [-0.25, -0.2) is 14.4 Å². The van der Waals surface area contributed by atoms with Crippen LogP contribution in [0.5, 0.6) is 0 Å². The number of allylic oxidation sites excluding steroid dienone is 4. The third kappa shape index (κ3) is 5.80. The Labute approximate surface area is 186 Å². The van der Waals surface area contributed by atoms with Crippen molar-refractivity contribution in [2.45, 2.75) is 51.9 Å². The lowest BCUT2D eigenvalue weighted by molar-refractivity contribution is 0.337. The van der Waals surface area contributed by atoms with Gasteiger partial charge in [-0.15, -0.1) is 0 Å². The first-order chi connectivity index (χ1) is 15.1. The Morgan fingerprint density at radius 2 is 1.74 bits per heavy atom. The second-order valence-electron chi connectivity index (χ2n) is 9.07. The summed E-state index contributed by atoms with van der Waals surface area (Å²) in [5.74, 6) is 1.13. The lowest BCUT2D eigenvalue weighted by Gasteiger charge is -2.17. The third-order valence-electron chi connectivity index (χ3n) is 6.69. The van der Waals surface area contributed by atoms with Crippen molar-refractivity contribution in [1.29, 1.82) is 0 Å². The second-order valence-corrected chi connectivity index (χ2v) is 9.07. The smallest absolute Gasteiger partial charge is 0.141 e. The van der Waals surface area contributed by atoms with Crippen molar-refractivity contribution >= 4 is 5.82 Å². The molecule has 1 N–H and O–H groups in total. The van der Waals surface area contributed by atoms with E-state index >= 15 is 4.39 Å². The zero-order valence-corrected chi connectivity index (χ0v) is 19.0. The number of hydrogen-bond acceptors (Lipinski definition) is 5. The number of nitrogens with zero attached hydrogens (tertiary/aromatic N) is 4. The summed E-state index contributed by atoms with van der Waals surface area (Å²) < 4.78 is 15.0. The number of anilines is 1. The summed E-state index contributed by atoms with van der Waals surface area (Å²) >= 11 is 0. The van der Waals surface area contributed by atoms with Gasteiger partial charge < -0.3 is 10.2 Å². The summed E-state index contributed by atoms with van der Waals surface area (Å²) in [5.41, 5.74) is 2.77. The Hall–Kier alpha value is -2.05. The molecule has 1 aromatic rings. The van der Waals surface area contributed by atoms with E-state index in [2.05, 4.69) is 22.0 Å². The number of aryl methyl sites for hydroxylation is 1. The Morgan fingerprint density at radius 1 is 1.03 bits per heavy atom. The van der Waals surface area contributed by atoms with Gasteiger partial charge in [0.15, 0.2) is 0 Å². The van der Waals surface area contributed by atoms with Crippen molar-refractivity contribution in [1.82, 2.24) is 19.8 Å². The van der Waals surface area contributed by atoms with Gasteiger partial charge in [0.25, 0.3) is 0 Å². The quantitative estimate of drug-likeness (QED) is 0.621. The average molecular weight is 426 g/mol. The number of nitrogens with one attached hydrogen (secondary N) is 1. The van der Waals surface area contributed by atoms with E-state index in [1.807, 2.05) is 25.2 Å². The maximum atomic E-state index is 15.0. The molecule has 168 valence electrons. The molecule has 2 fully saturated rings. The van der Waals surface area contributed by atoms with Crippen molar-refractivity contribution in [3.8, 4) is 0 Å². The number of rotatable bonds is 8. The first-order valence-electron chi connectivity index (χ1n) is 11.9. The summed E-state index contributed by atoms with van der Waals surface area (Å²) in [6, 6.07) is 0. The summed E-state index contributed by atoms with van der Waals surface area (Å²) in [7, 11) is 0. The standard InChI is InChI=1S/C25H36FN5/c1-19-20(2)28-25(29-24(19)27-11-8-16-30-12-3-4-13-30)21-9-7-10-22(23(26)17-21)18-31-14-5-6-15-31/h7,9-10,17,21H,3-6,8,11-16,18H2,1-2H3,(H,27,28,29). The van der Waals surface area contributed by atoms with Gasteiger partial charge in [0.2, 0.25) is 0 Å². The van der Waals surface area contributed by atoms with E-state index < -0.39 is 0 Å². The van der Waals surface area contributed by atoms with Gasteiger partial charge in [-0.05, 0) is 84.8 Å². The molecule has 1 aromatic heterocycles. The lowest BCUT2D eigenvalue weighted by Crippen LogP contribution is -2.22. The Bertz CT molecular complexity index is 848. The molecule has 3 heterocycles. The fraction of sp³-hybridized carbons (Fsp3) is 0.600. The summed E-state index contributed by atoms with van der Waals surface area (Å²) in [5, 5.41) is 3.51. The molecule has 0 spiro atoms. The molecule has 6 heteroatoms. The highest BCUT2D eigenvalue weighted by molar-refractivity contribution is 5.47. The Morgan fingerprint density at radius 3 is 2.48 bits per heavy atom. The minimum absolute atomic E-state index is 0.149. The van der Waals surface area contributed by atoms with Crippen LogP contribution in [0.4, 0.5) is 10.2 Å². The molecule has 0 saturated carbocycles. The molecule has 1 aliphatic carbocycles. The third-order valence-corrected chi connectivity index (χ3v) is 6.69. The highest BCUT2D eigenvalue weighted by Gasteiger charge is 2.20. The van der Waals surface area contributed by atoms with E-state index in [9.17, 15) is 0 Å². The van der Waals surface area contributed by atoms with Gasteiger partial charge in [0.05, 0.1) is 5.92 Å². The maximum absolute atomic E-state index is 15.0. The normalized spacial score (nSPS) is 22.5. The van der Waals surface area contributed by atoms with Crippen LogP contribution in [0.2, 0.25) is 0 Å². The first-order valence-corrected chi connectivity index (χ1v) is 11.9. The highest BCUT2D eigenvalue weighted by atomic mass is 19.1. The number of hydrogen-bond donors (Lipinski definition) is 1. The van der Waals surface area contributed by atoms with E-state index in [1.165, 1.54) is 38.8 Å². The monoisotopic (exact) mass is 425 g/mol. The zero-order valence-electron chi connectivity index (χ0n) is 19.0. The molecule has 1 atom stereocenters. The minimum Gasteiger partial charge on any atom is -0.370 e. The summed E-state index contributed by atoms with van der Waals surface area (Å²) in [6.45, 7) is 11.3. The van der Waals surface area contributed by atoms with Crippen LogP contribution in [0.3, 0.4) is 0 Å². The largest absolute Gasteiger partial charge is 0.370 e. The molecule has 3 aliphatic rings. The molecular weight excluding hydrogens is 389 g/mol. The Kier molecular flexibility index (Phi) is 7.51. The molecule has 5 nitrogen and oxygen atoms in total. The molecular formula is C25H36FN5. The maximum Gasteiger partial charge on any atom is 0.141 e. The molecule has 31 heavy (non-hydrogen) atoms. The molecule has 1 unspecified atom stereocenters. The zero-order chi connectivity index (χ0) is 21.6. The SMILES string of the molecule is Cc1nc(C2C=CC=C(CN3CCCC3)C(F)=C2)nc(NCCCN2CCCC2)c1C. The van der Waals surface area contributed by atoms with Crippen molar-refractivity contribution in [3.63, 3.8) is 0 Å². The van der Waals surface area contributed by atoms with Gasteiger partial charge in [0.1, 0.15) is 17.5 Å². The van der Waals surface area contributed by atoms with Crippen molar-refractivity contribution in [2.75, 3.05) is 51.1 Å². The summed E-state index contributed by atoms with van der Waals surface area (Å²) in [6.07, 6.45) is 13.7. The predicted octanol–water partition coefficient (Wildman–Crippen LogP) is 4.52. The predicted molar refractivity (Wildman–Crippen MR) is 125 cm³/mol. The van der Waals surface area contributed by atoms with Gasteiger partial charge in [0, 0.05) is 29.9 Å². The molecule has 2 saturated heterocycles. The van der Waals surface area contributed by atoms with E-state index in [0.29, 0.717) is 12.4 Å². The second kappa shape index (κ2) is 10.5. The number of halogens is 1. The molecule has 4 rings (SSSR count). The van der Waals surface area contributed by atoms with Crippen molar-refractivity contribution in [3.05, 3.63) is 52.8 Å². The van der Waals surface area contributed by atoms with E-state index in [0.717, 1.165) is 55.2 Å². The van der Waals surface area contributed by atoms with Crippen molar-refractivity contribution < 1.29 is 4.39 Å². The van der Waals surface area contributed by atoms with Gasteiger partial charge in [-0.1, -0.05) is 18.2 Å². The molecule has 0 amide bonds. The van der Waals surface area contributed by atoms with E-state index in [4.69, 9.17) is 9.97 Å². The van der Waals surface area contributed by atoms with E-state index in [1.54, 1.807) is 6.08 Å². The molecule has 0 radical (unpaired) electrons. The average Bonchev–Trinajstić information content (AvgIpc) is 3.43. The molecule has 2 aliphatic heterocycles. The summed E-state index contributed by atoms with van der Waals surface area (Å²) in [4.78, 5) is 14.3. The van der Waals surface area contributed by atoms with Gasteiger partial charge in [-0.3, -0.25) is 4.90 Å². The fourth-order valence-corrected chi connectivity index (χ4v) is 4.65. The van der Waals surface area contributed by atoms with Crippen LogP contribution in [0.25, 0.3) is 0 Å².